The van der Waals surface area contributed by atoms with E-state index in [0.29, 0.717) is 5.82 Å². The van der Waals surface area contributed by atoms with E-state index in [2.05, 4.69) is 158 Å². The van der Waals surface area contributed by atoms with Crippen molar-refractivity contribution in [3.8, 4) is 67.3 Å². The lowest BCUT2D eigenvalue weighted by molar-refractivity contribution is 1.18. The second-order valence-electron chi connectivity index (χ2n) is 12.2. The topological polar surface area (TPSA) is 25.8 Å². The van der Waals surface area contributed by atoms with Gasteiger partial charge in [-0.1, -0.05) is 146 Å². The van der Waals surface area contributed by atoms with Gasteiger partial charge in [-0.15, -0.1) is 11.3 Å². The lowest BCUT2D eigenvalue weighted by Crippen LogP contribution is -1.96. The van der Waals surface area contributed by atoms with Crippen LogP contribution in [0.25, 0.3) is 87.5 Å². The zero-order valence-corrected chi connectivity index (χ0v) is 27.4. The van der Waals surface area contributed by atoms with Crippen LogP contribution in [0.2, 0.25) is 0 Å². The van der Waals surface area contributed by atoms with Crippen LogP contribution in [0, 0.1) is 0 Å². The van der Waals surface area contributed by atoms with E-state index < -0.39 is 0 Å². The molecule has 0 bridgehead atoms. The number of hydrogen-bond donors (Lipinski definition) is 0. The van der Waals surface area contributed by atoms with Crippen LogP contribution in [-0.2, 0) is 0 Å². The fraction of sp³-hybridized carbons (Fsp3) is 0. The summed E-state index contributed by atoms with van der Waals surface area (Å²) in [6.07, 6.45) is 0. The molecule has 0 aliphatic heterocycles. The Morgan fingerprint density at radius 1 is 0.327 bits per heavy atom. The lowest BCUT2D eigenvalue weighted by atomic mass is 9.92. The highest BCUT2D eigenvalue weighted by molar-refractivity contribution is 7.25. The highest BCUT2D eigenvalue weighted by atomic mass is 32.1. The third-order valence-electron chi connectivity index (χ3n) is 9.10. The number of hydrogen-bond acceptors (Lipinski definition) is 3. The molecule has 9 rings (SSSR count). The zero-order valence-electron chi connectivity index (χ0n) is 26.6. The predicted molar refractivity (Wildman–Crippen MR) is 208 cm³/mol. The van der Waals surface area contributed by atoms with Gasteiger partial charge >= 0.3 is 0 Å². The second kappa shape index (κ2) is 12.5. The van der Waals surface area contributed by atoms with Crippen LogP contribution >= 0.6 is 11.3 Å². The summed E-state index contributed by atoms with van der Waals surface area (Å²) in [5.41, 5.74) is 11.9. The number of benzene rings is 7. The van der Waals surface area contributed by atoms with Gasteiger partial charge in [-0.3, -0.25) is 0 Å². The maximum absolute atomic E-state index is 5.23. The molecule has 2 nitrogen and oxygen atoms in total. The van der Waals surface area contributed by atoms with Gasteiger partial charge in [0.2, 0.25) is 0 Å². The molecule has 0 fully saturated rings. The summed E-state index contributed by atoms with van der Waals surface area (Å²) in [4.78, 5) is 10.3. The molecule has 0 aliphatic carbocycles. The summed E-state index contributed by atoms with van der Waals surface area (Å²) in [5.74, 6) is 0.706. The number of nitrogens with zero attached hydrogens (tertiary/aromatic N) is 2. The molecule has 2 heterocycles. The Morgan fingerprint density at radius 2 is 0.837 bits per heavy atom. The van der Waals surface area contributed by atoms with Gasteiger partial charge < -0.3 is 0 Å². The average molecular weight is 643 g/mol. The summed E-state index contributed by atoms with van der Waals surface area (Å²) >= 11 is 1.85. The molecule has 3 heteroatoms. The van der Waals surface area contributed by atoms with Crippen LogP contribution in [0.15, 0.2) is 182 Å². The maximum atomic E-state index is 5.23. The maximum Gasteiger partial charge on any atom is 0.160 e. The van der Waals surface area contributed by atoms with E-state index >= 15 is 0 Å². The minimum atomic E-state index is 0.706. The molecule has 2 aromatic heterocycles. The third-order valence-corrected chi connectivity index (χ3v) is 10.2. The molecule has 9 aromatic rings. The van der Waals surface area contributed by atoms with Crippen molar-refractivity contribution in [2.24, 2.45) is 0 Å². The summed E-state index contributed by atoms with van der Waals surface area (Å²) in [6, 6.07) is 64.5. The van der Waals surface area contributed by atoms with Crippen LogP contribution < -0.4 is 0 Å². The second-order valence-corrected chi connectivity index (χ2v) is 13.3. The highest BCUT2D eigenvalue weighted by Gasteiger charge is 2.16. The van der Waals surface area contributed by atoms with Gasteiger partial charge in [0.25, 0.3) is 0 Å². The van der Waals surface area contributed by atoms with Gasteiger partial charge in [0.15, 0.2) is 5.82 Å². The van der Waals surface area contributed by atoms with E-state index in [1.165, 1.54) is 48.0 Å². The summed E-state index contributed by atoms with van der Waals surface area (Å²) in [5, 5.41) is 2.59. The first-order valence-electron chi connectivity index (χ1n) is 16.5. The van der Waals surface area contributed by atoms with Crippen molar-refractivity contribution < 1.29 is 0 Å². The largest absolute Gasteiger partial charge is 0.228 e. The van der Waals surface area contributed by atoms with Crippen molar-refractivity contribution >= 4 is 31.5 Å². The molecule has 0 amide bonds. The fourth-order valence-electron chi connectivity index (χ4n) is 6.67. The zero-order chi connectivity index (χ0) is 32.6. The van der Waals surface area contributed by atoms with Crippen LogP contribution in [-0.4, -0.2) is 9.97 Å². The van der Waals surface area contributed by atoms with Crippen molar-refractivity contribution in [2.75, 3.05) is 0 Å². The van der Waals surface area contributed by atoms with Crippen LogP contribution in [0.4, 0.5) is 0 Å². The van der Waals surface area contributed by atoms with Gasteiger partial charge in [-0.2, -0.15) is 0 Å². The van der Waals surface area contributed by atoms with Gasteiger partial charge in [-0.05, 0) is 69.8 Å². The lowest BCUT2D eigenvalue weighted by Gasteiger charge is -2.14. The number of fused-ring (bicyclic) bond motifs is 3. The van der Waals surface area contributed by atoms with Crippen molar-refractivity contribution in [1.29, 1.82) is 0 Å². The van der Waals surface area contributed by atoms with Crippen LogP contribution in [0.3, 0.4) is 0 Å². The van der Waals surface area contributed by atoms with Crippen molar-refractivity contribution in [1.82, 2.24) is 9.97 Å². The number of rotatable bonds is 6. The molecule has 0 saturated heterocycles. The van der Waals surface area contributed by atoms with Gasteiger partial charge in [0, 0.05) is 36.9 Å². The van der Waals surface area contributed by atoms with Crippen molar-refractivity contribution in [3.63, 3.8) is 0 Å². The van der Waals surface area contributed by atoms with Gasteiger partial charge in [0.1, 0.15) is 0 Å². The first-order valence-corrected chi connectivity index (χ1v) is 17.3. The van der Waals surface area contributed by atoms with Crippen LogP contribution in [0.1, 0.15) is 0 Å². The van der Waals surface area contributed by atoms with Gasteiger partial charge in [-0.25, -0.2) is 9.97 Å². The highest BCUT2D eigenvalue weighted by Crippen LogP contribution is 2.42. The number of aromatic nitrogens is 2. The van der Waals surface area contributed by atoms with E-state index in [1.54, 1.807) is 0 Å². The molecule has 0 atom stereocenters. The summed E-state index contributed by atoms with van der Waals surface area (Å²) in [6.45, 7) is 0. The van der Waals surface area contributed by atoms with E-state index in [-0.39, 0.29) is 0 Å². The number of thiophene rings is 1. The Balaban J connectivity index is 1.25. The molecule has 49 heavy (non-hydrogen) atoms. The average Bonchev–Trinajstić information content (AvgIpc) is 3.58. The van der Waals surface area contributed by atoms with E-state index in [0.717, 1.165) is 33.6 Å². The summed E-state index contributed by atoms with van der Waals surface area (Å²) < 4.78 is 2.59. The standard InChI is InChI=1S/C46H30N2S/c1-4-13-31(14-5-1)33-23-25-34(26-24-33)41-30-42(48-46(47-41)35-17-8-3-9-18-35)38-28-36(32-15-6-2-7-16-32)27-37(29-38)39-20-12-22-44-45(39)40-19-10-11-21-43(40)49-44/h1-30H. The molecular formula is C46H30N2S. The van der Waals surface area contributed by atoms with Crippen molar-refractivity contribution in [3.05, 3.63) is 182 Å². The SMILES string of the molecule is c1ccc(-c2ccc(-c3cc(-c4cc(-c5ccccc5)cc(-c5cccc6sc7ccccc7c56)c4)nc(-c4ccccc4)n3)cc2)cc1. The Morgan fingerprint density at radius 3 is 1.55 bits per heavy atom. The first-order chi connectivity index (χ1) is 24.3. The molecule has 230 valence electrons. The van der Waals surface area contributed by atoms with E-state index in [9.17, 15) is 0 Å². The quantitative estimate of drug-likeness (QED) is 0.180. The van der Waals surface area contributed by atoms with E-state index in [1.807, 2.05) is 35.6 Å². The molecule has 7 aromatic carbocycles. The normalized spacial score (nSPS) is 11.3. The van der Waals surface area contributed by atoms with Gasteiger partial charge in [0.05, 0.1) is 11.4 Å². The Kier molecular flexibility index (Phi) is 7.38. The molecule has 0 aliphatic rings. The van der Waals surface area contributed by atoms with Crippen LogP contribution in [0.5, 0.6) is 0 Å². The molecule has 0 spiro atoms. The molecule has 0 saturated carbocycles. The Labute approximate surface area is 289 Å². The minimum absolute atomic E-state index is 0.706. The molecule has 0 N–H and O–H groups in total. The van der Waals surface area contributed by atoms with Crippen molar-refractivity contribution in [2.45, 2.75) is 0 Å². The third kappa shape index (κ3) is 5.61. The molecule has 0 radical (unpaired) electrons. The Hall–Kier alpha value is -6.16. The monoisotopic (exact) mass is 642 g/mol. The fourth-order valence-corrected chi connectivity index (χ4v) is 7.80. The Bertz CT molecular complexity index is 2570. The molecular weight excluding hydrogens is 613 g/mol. The predicted octanol–water partition coefficient (Wildman–Crippen LogP) is 12.8. The first kappa shape index (κ1) is 29.0. The minimum Gasteiger partial charge on any atom is -0.228 e. The van der Waals surface area contributed by atoms with E-state index in [4.69, 9.17) is 9.97 Å². The molecule has 0 unspecified atom stereocenters. The summed E-state index contributed by atoms with van der Waals surface area (Å²) in [7, 11) is 0. The smallest absolute Gasteiger partial charge is 0.160 e.